The molecule has 0 saturated heterocycles. The lowest BCUT2D eigenvalue weighted by Crippen LogP contribution is -2.05. The number of hydrogen-bond donors (Lipinski definition) is 1. The predicted octanol–water partition coefficient (Wildman–Crippen LogP) is 4.18. The summed E-state index contributed by atoms with van der Waals surface area (Å²) in [6.45, 7) is 1.98. The number of aromatic nitrogens is 2. The van der Waals surface area contributed by atoms with Crippen LogP contribution in [0.25, 0.3) is 12.2 Å². The van der Waals surface area contributed by atoms with Crippen molar-refractivity contribution in [2.24, 2.45) is 0 Å². The number of halogens is 1. The number of nitrogens with zero attached hydrogens (tertiary/aromatic N) is 2. The first-order chi connectivity index (χ1) is 9.69. The van der Waals surface area contributed by atoms with Crippen LogP contribution in [-0.4, -0.2) is 16.0 Å². The van der Waals surface area contributed by atoms with Gasteiger partial charge in [0.15, 0.2) is 5.82 Å². The van der Waals surface area contributed by atoms with E-state index < -0.39 is 0 Å². The van der Waals surface area contributed by atoms with Crippen molar-refractivity contribution in [1.29, 1.82) is 0 Å². The molecule has 20 heavy (non-hydrogen) atoms. The highest BCUT2D eigenvalue weighted by molar-refractivity contribution is 6.30. The van der Waals surface area contributed by atoms with Crippen LogP contribution in [0.15, 0.2) is 30.3 Å². The maximum Gasteiger partial charge on any atom is 0.154 e. The van der Waals surface area contributed by atoms with E-state index in [1.165, 1.54) is 12.8 Å². The van der Waals surface area contributed by atoms with Gasteiger partial charge in [0, 0.05) is 22.8 Å². The van der Waals surface area contributed by atoms with Gasteiger partial charge < -0.3 is 5.32 Å². The molecule has 1 fully saturated rings. The van der Waals surface area contributed by atoms with E-state index in [-0.39, 0.29) is 0 Å². The van der Waals surface area contributed by atoms with Crippen LogP contribution in [0.5, 0.6) is 0 Å². The largest absolute Gasteiger partial charge is 0.367 e. The monoisotopic (exact) mass is 285 g/mol. The Morgan fingerprint density at radius 1 is 1.20 bits per heavy atom. The average Bonchev–Trinajstić information content (AvgIpc) is 3.20. The molecule has 0 atom stereocenters. The maximum atomic E-state index is 5.97. The minimum Gasteiger partial charge on any atom is -0.367 e. The molecule has 1 aliphatic carbocycles. The molecule has 4 heteroatoms. The minimum absolute atomic E-state index is 0.592. The molecule has 1 aromatic heterocycles. The summed E-state index contributed by atoms with van der Waals surface area (Å²) in [6, 6.07) is 10.3. The van der Waals surface area contributed by atoms with E-state index in [0.717, 1.165) is 22.1 Å². The van der Waals surface area contributed by atoms with Gasteiger partial charge in [0.25, 0.3) is 0 Å². The van der Waals surface area contributed by atoms with Crippen molar-refractivity contribution in [3.8, 4) is 0 Å². The lowest BCUT2D eigenvalue weighted by Gasteiger charge is -2.05. The third-order valence-corrected chi connectivity index (χ3v) is 3.31. The zero-order valence-electron chi connectivity index (χ0n) is 11.3. The highest BCUT2D eigenvalue weighted by Crippen LogP contribution is 2.24. The highest BCUT2D eigenvalue weighted by atomic mass is 35.5. The summed E-state index contributed by atoms with van der Waals surface area (Å²) < 4.78 is 0. The number of aryl methyl sites for hydroxylation is 1. The summed E-state index contributed by atoms with van der Waals surface area (Å²) in [5, 5.41) is 4.13. The first-order valence-electron chi connectivity index (χ1n) is 6.75. The minimum atomic E-state index is 0.592. The molecule has 3 nitrogen and oxygen atoms in total. The molecule has 1 aliphatic rings. The van der Waals surface area contributed by atoms with E-state index in [1.54, 1.807) is 0 Å². The second-order valence-corrected chi connectivity index (χ2v) is 5.50. The zero-order valence-corrected chi connectivity index (χ0v) is 12.1. The van der Waals surface area contributed by atoms with E-state index in [1.807, 2.05) is 49.4 Å². The fourth-order valence-corrected chi connectivity index (χ4v) is 2.16. The Kier molecular flexibility index (Phi) is 3.70. The summed E-state index contributed by atoms with van der Waals surface area (Å²) in [6.07, 6.45) is 6.35. The molecule has 1 heterocycles. The van der Waals surface area contributed by atoms with Crippen LogP contribution < -0.4 is 5.32 Å². The molecule has 0 unspecified atom stereocenters. The van der Waals surface area contributed by atoms with Crippen LogP contribution in [0.1, 0.15) is 29.9 Å². The van der Waals surface area contributed by atoms with Crippen LogP contribution >= 0.6 is 11.6 Å². The molecule has 2 aromatic rings. The van der Waals surface area contributed by atoms with Gasteiger partial charge in [-0.05, 0) is 43.5 Å². The van der Waals surface area contributed by atoms with E-state index in [0.29, 0.717) is 11.9 Å². The quantitative estimate of drug-likeness (QED) is 0.915. The van der Waals surface area contributed by atoms with Crippen molar-refractivity contribution in [2.45, 2.75) is 25.8 Å². The Balaban J connectivity index is 1.80. The van der Waals surface area contributed by atoms with Gasteiger partial charge in [0.1, 0.15) is 5.82 Å². The van der Waals surface area contributed by atoms with E-state index in [4.69, 9.17) is 11.6 Å². The summed E-state index contributed by atoms with van der Waals surface area (Å²) in [5.74, 6) is 1.62. The van der Waals surface area contributed by atoms with E-state index in [9.17, 15) is 0 Å². The number of hydrogen-bond acceptors (Lipinski definition) is 3. The lowest BCUT2D eigenvalue weighted by atomic mass is 10.2. The predicted molar refractivity (Wildman–Crippen MR) is 83.8 cm³/mol. The van der Waals surface area contributed by atoms with Crippen LogP contribution in [0, 0.1) is 6.92 Å². The number of anilines is 1. The van der Waals surface area contributed by atoms with Crippen molar-refractivity contribution >= 4 is 29.6 Å². The van der Waals surface area contributed by atoms with Gasteiger partial charge in [-0.3, -0.25) is 0 Å². The van der Waals surface area contributed by atoms with Crippen molar-refractivity contribution in [3.63, 3.8) is 0 Å². The van der Waals surface area contributed by atoms with E-state index >= 15 is 0 Å². The normalized spacial score (nSPS) is 14.7. The molecular weight excluding hydrogens is 270 g/mol. The van der Waals surface area contributed by atoms with E-state index in [2.05, 4.69) is 15.3 Å². The first-order valence-corrected chi connectivity index (χ1v) is 7.13. The lowest BCUT2D eigenvalue weighted by molar-refractivity contribution is 1.04. The summed E-state index contributed by atoms with van der Waals surface area (Å²) in [7, 11) is 0. The molecule has 0 spiro atoms. The topological polar surface area (TPSA) is 37.8 Å². The molecule has 1 saturated carbocycles. The summed E-state index contributed by atoms with van der Waals surface area (Å²) >= 11 is 5.97. The Morgan fingerprint density at radius 3 is 2.80 bits per heavy atom. The van der Waals surface area contributed by atoms with Crippen molar-refractivity contribution < 1.29 is 0 Å². The Morgan fingerprint density at radius 2 is 2.05 bits per heavy atom. The maximum absolute atomic E-state index is 5.97. The van der Waals surface area contributed by atoms with Gasteiger partial charge in [0.2, 0.25) is 0 Å². The zero-order chi connectivity index (χ0) is 13.9. The van der Waals surface area contributed by atoms with Crippen molar-refractivity contribution in [2.75, 3.05) is 5.32 Å². The molecule has 1 N–H and O–H groups in total. The van der Waals surface area contributed by atoms with Gasteiger partial charge in [-0.15, -0.1) is 0 Å². The van der Waals surface area contributed by atoms with Gasteiger partial charge in [-0.25, -0.2) is 9.97 Å². The van der Waals surface area contributed by atoms with Crippen LogP contribution in [0.3, 0.4) is 0 Å². The summed E-state index contributed by atoms with van der Waals surface area (Å²) in [5.41, 5.74) is 2.01. The number of nitrogens with one attached hydrogen (secondary N) is 1. The fraction of sp³-hybridized carbons (Fsp3) is 0.250. The highest BCUT2D eigenvalue weighted by Gasteiger charge is 2.21. The van der Waals surface area contributed by atoms with Crippen molar-refractivity contribution in [1.82, 2.24) is 9.97 Å². The Labute approximate surface area is 123 Å². The van der Waals surface area contributed by atoms with Gasteiger partial charge in [-0.1, -0.05) is 29.8 Å². The Bertz CT molecular complexity index is 648. The van der Waals surface area contributed by atoms with Crippen LogP contribution in [-0.2, 0) is 0 Å². The van der Waals surface area contributed by atoms with Gasteiger partial charge in [-0.2, -0.15) is 0 Å². The molecule has 102 valence electrons. The molecule has 0 bridgehead atoms. The molecule has 3 rings (SSSR count). The van der Waals surface area contributed by atoms with Crippen LogP contribution in [0.4, 0.5) is 5.82 Å². The standard InChI is InChI=1S/C16H16ClN3/c1-11-9-16(19-14-6-7-14)20-15(18-11)8-5-12-3-2-4-13(17)10-12/h2-5,8-10,14H,6-7H2,1H3,(H,18,19,20). The second-order valence-electron chi connectivity index (χ2n) is 5.06. The first kappa shape index (κ1) is 13.1. The second kappa shape index (κ2) is 5.63. The molecule has 0 aliphatic heterocycles. The third kappa shape index (κ3) is 3.58. The Hall–Kier alpha value is -1.87. The summed E-state index contributed by atoms with van der Waals surface area (Å²) in [4.78, 5) is 8.94. The average molecular weight is 286 g/mol. The SMILES string of the molecule is Cc1cc(NC2CC2)nc(C=Cc2cccc(Cl)c2)n1. The van der Waals surface area contributed by atoms with Gasteiger partial charge in [0.05, 0.1) is 0 Å². The molecular formula is C16H16ClN3. The number of benzene rings is 1. The number of rotatable bonds is 4. The van der Waals surface area contributed by atoms with Crippen LogP contribution in [0.2, 0.25) is 5.02 Å². The smallest absolute Gasteiger partial charge is 0.154 e. The van der Waals surface area contributed by atoms with Crippen molar-refractivity contribution in [3.05, 3.63) is 52.4 Å². The molecule has 1 aromatic carbocycles. The molecule has 0 radical (unpaired) electrons. The van der Waals surface area contributed by atoms with Gasteiger partial charge >= 0.3 is 0 Å². The third-order valence-electron chi connectivity index (χ3n) is 3.07. The fourth-order valence-electron chi connectivity index (χ4n) is 1.96. The molecule has 0 amide bonds.